The molecule has 1 N–H and O–H groups in total. The molecule has 0 saturated carbocycles. The number of ketones is 1. The number of rotatable bonds is 10. The van der Waals surface area contributed by atoms with Crippen molar-refractivity contribution in [3.8, 4) is 28.7 Å². The van der Waals surface area contributed by atoms with Crippen molar-refractivity contribution in [1.82, 2.24) is 0 Å². The lowest BCUT2D eigenvalue weighted by Crippen LogP contribution is -2.20. The molecular formula is C32H24Cl3FO6. The number of fused-ring (bicyclic) bond motifs is 1. The van der Waals surface area contributed by atoms with E-state index in [0.29, 0.717) is 74.7 Å². The Morgan fingerprint density at radius 2 is 1.62 bits per heavy atom. The van der Waals surface area contributed by atoms with Crippen LogP contribution in [0.15, 0.2) is 72.8 Å². The lowest BCUT2D eigenvalue weighted by Gasteiger charge is -2.24. The van der Waals surface area contributed by atoms with E-state index in [-0.39, 0.29) is 23.8 Å². The monoisotopic (exact) mass is 628 g/mol. The molecule has 0 amide bonds. The van der Waals surface area contributed by atoms with Crippen LogP contribution < -0.4 is 14.2 Å². The molecule has 1 unspecified atom stereocenters. The topological polar surface area (TPSA) is 82.1 Å². The maximum absolute atomic E-state index is 14.0. The molecule has 0 spiro atoms. The molecule has 5 rings (SSSR count). The predicted octanol–water partition coefficient (Wildman–Crippen LogP) is 9.53. The minimum absolute atomic E-state index is 0.0823. The fraction of sp³-hybridized carbons (Fsp3) is 0.188. The van der Waals surface area contributed by atoms with Gasteiger partial charge in [-0.25, -0.2) is 4.39 Å². The summed E-state index contributed by atoms with van der Waals surface area (Å²) in [5, 5.41) is 10.5. The van der Waals surface area contributed by atoms with Crippen molar-refractivity contribution in [2.24, 2.45) is 0 Å². The maximum Gasteiger partial charge on any atom is 0.311 e. The Bertz CT molecular complexity index is 1640. The highest BCUT2D eigenvalue weighted by atomic mass is 35.5. The van der Waals surface area contributed by atoms with Crippen LogP contribution in [0.2, 0.25) is 15.1 Å². The van der Waals surface area contributed by atoms with Gasteiger partial charge in [-0.1, -0.05) is 34.8 Å². The van der Waals surface area contributed by atoms with E-state index in [4.69, 9.17) is 49.0 Å². The fourth-order valence-electron chi connectivity index (χ4n) is 4.66. The third-order valence-corrected chi connectivity index (χ3v) is 7.62. The van der Waals surface area contributed by atoms with Crippen molar-refractivity contribution < 1.29 is 33.3 Å². The van der Waals surface area contributed by atoms with E-state index in [1.807, 2.05) is 0 Å². The van der Waals surface area contributed by atoms with E-state index >= 15 is 0 Å². The zero-order chi connectivity index (χ0) is 29.8. The molecule has 6 nitrogen and oxygen atoms in total. The molecule has 1 atom stereocenters. The van der Waals surface area contributed by atoms with Gasteiger partial charge >= 0.3 is 5.97 Å². The number of aryl methyl sites for hydroxylation is 1. The Hall–Kier alpha value is -3.78. The molecule has 4 aromatic rings. The van der Waals surface area contributed by atoms with Crippen LogP contribution >= 0.6 is 34.8 Å². The number of Topliss-reactive ketones (excluding diaryl/α,β-unsaturated/α-hetero) is 1. The number of carboxylic acids is 1. The zero-order valence-corrected chi connectivity index (χ0v) is 24.3. The Labute approximate surface area is 256 Å². The number of halogens is 4. The number of benzene rings is 4. The summed E-state index contributed by atoms with van der Waals surface area (Å²) in [6.45, 7) is 0.284. The summed E-state index contributed by atoms with van der Waals surface area (Å²) in [6.07, 6.45) is 1.47. The van der Waals surface area contributed by atoms with Crippen LogP contribution in [-0.2, 0) is 11.2 Å². The number of hydrogen-bond acceptors (Lipinski definition) is 5. The second-order valence-electron chi connectivity index (χ2n) is 9.68. The second kappa shape index (κ2) is 13.0. The summed E-state index contributed by atoms with van der Waals surface area (Å²) in [7, 11) is 0. The number of ether oxygens (including phenoxy) is 3. The first-order valence-corrected chi connectivity index (χ1v) is 14.2. The maximum atomic E-state index is 14.0. The number of aliphatic carboxylic acids is 1. The molecule has 0 aromatic heterocycles. The van der Waals surface area contributed by atoms with E-state index in [0.717, 1.165) is 0 Å². The first-order valence-electron chi connectivity index (χ1n) is 13.1. The molecule has 0 fully saturated rings. The Balaban J connectivity index is 1.20. The summed E-state index contributed by atoms with van der Waals surface area (Å²) >= 11 is 18.5. The van der Waals surface area contributed by atoms with Crippen LogP contribution in [0.4, 0.5) is 4.39 Å². The van der Waals surface area contributed by atoms with Crippen LogP contribution in [0.5, 0.6) is 28.7 Å². The number of hydrogen-bond donors (Lipinski definition) is 1. The summed E-state index contributed by atoms with van der Waals surface area (Å²) in [5.41, 5.74) is 1.62. The smallest absolute Gasteiger partial charge is 0.311 e. The average molecular weight is 630 g/mol. The van der Waals surface area contributed by atoms with Crippen molar-refractivity contribution in [2.75, 3.05) is 6.61 Å². The van der Waals surface area contributed by atoms with Crippen LogP contribution in [0.25, 0.3) is 0 Å². The van der Waals surface area contributed by atoms with E-state index in [1.165, 1.54) is 18.2 Å². The molecule has 0 saturated heterocycles. The highest BCUT2D eigenvalue weighted by molar-refractivity contribution is 6.35. The molecule has 42 heavy (non-hydrogen) atoms. The summed E-state index contributed by atoms with van der Waals surface area (Å²) in [6, 6.07) is 18.8. The van der Waals surface area contributed by atoms with Gasteiger partial charge in [0.15, 0.2) is 5.78 Å². The molecule has 1 aliphatic heterocycles. The molecular weight excluding hydrogens is 606 g/mol. The molecule has 0 aliphatic carbocycles. The van der Waals surface area contributed by atoms with E-state index in [9.17, 15) is 19.1 Å². The normalized spacial score (nSPS) is 14.0. The number of carbonyl (C=O) groups excluding carboxylic acids is 1. The van der Waals surface area contributed by atoms with Crippen LogP contribution in [0, 0.1) is 5.82 Å². The minimum Gasteiger partial charge on any atom is -0.493 e. The third-order valence-electron chi connectivity index (χ3n) is 6.79. The van der Waals surface area contributed by atoms with Gasteiger partial charge in [0.1, 0.15) is 34.6 Å². The van der Waals surface area contributed by atoms with Gasteiger partial charge in [0, 0.05) is 28.6 Å². The molecule has 1 aliphatic rings. The largest absolute Gasteiger partial charge is 0.493 e. The lowest BCUT2D eigenvalue weighted by molar-refractivity contribution is -0.139. The third kappa shape index (κ3) is 6.98. The van der Waals surface area contributed by atoms with Gasteiger partial charge in [0.2, 0.25) is 0 Å². The average Bonchev–Trinajstić information content (AvgIpc) is 2.96. The van der Waals surface area contributed by atoms with E-state index in [2.05, 4.69) is 0 Å². The van der Waals surface area contributed by atoms with Crippen molar-refractivity contribution in [3.05, 3.63) is 110 Å². The first-order chi connectivity index (χ1) is 20.2. The van der Waals surface area contributed by atoms with Gasteiger partial charge in [-0.15, -0.1) is 0 Å². The predicted molar refractivity (Wildman–Crippen MR) is 159 cm³/mol. The van der Waals surface area contributed by atoms with E-state index < -0.39 is 17.7 Å². The minimum atomic E-state index is -0.933. The van der Waals surface area contributed by atoms with Gasteiger partial charge in [-0.2, -0.15) is 0 Å². The highest BCUT2D eigenvalue weighted by Gasteiger charge is 2.29. The highest BCUT2D eigenvalue weighted by Crippen LogP contribution is 2.42. The van der Waals surface area contributed by atoms with Crippen LogP contribution in [0.3, 0.4) is 0 Å². The summed E-state index contributed by atoms with van der Waals surface area (Å²) in [4.78, 5) is 24.4. The molecule has 1 heterocycles. The molecule has 10 heteroatoms. The van der Waals surface area contributed by atoms with Gasteiger partial charge in [0.25, 0.3) is 0 Å². The second-order valence-corrected chi connectivity index (χ2v) is 10.9. The van der Waals surface area contributed by atoms with Gasteiger partial charge in [-0.3, -0.25) is 9.59 Å². The lowest BCUT2D eigenvalue weighted by atomic mass is 9.93. The van der Waals surface area contributed by atoms with Crippen molar-refractivity contribution >= 4 is 46.6 Å². The quantitative estimate of drug-likeness (QED) is 0.176. The van der Waals surface area contributed by atoms with Crippen molar-refractivity contribution in [2.45, 2.75) is 31.6 Å². The Kier molecular flexibility index (Phi) is 9.21. The van der Waals surface area contributed by atoms with Gasteiger partial charge < -0.3 is 19.3 Å². The molecule has 4 aromatic carbocycles. The Morgan fingerprint density at radius 3 is 2.36 bits per heavy atom. The van der Waals surface area contributed by atoms with Gasteiger partial charge in [-0.05, 0) is 91.6 Å². The summed E-state index contributed by atoms with van der Waals surface area (Å²) < 4.78 is 31.4. The molecule has 0 bridgehead atoms. The Morgan fingerprint density at radius 1 is 0.881 bits per heavy atom. The first kappa shape index (κ1) is 29.7. The van der Waals surface area contributed by atoms with Crippen LogP contribution in [-0.4, -0.2) is 23.5 Å². The number of carboxylic acid groups (broad SMARTS) is 1. The molecule has 216 valence electrons. The van der Waals surface area contributed by atoms with E-state index in [1.54, 1.807) is 54.6 Å². The standard InChI is InChI=1S/C32H24Cl3FO6/c33-20-6-10-29(25(34)15-20)42-28-11-7-21(36)14-19(28)2-1-3-27(37)18-4-8-22(9-5-18)41-31-17-30-24(16-26(31)35)23(32(38)39)12-13-40-30/h4-11,14-17,23H,1-3,12-13H2,(H,38,39). The summed E-state index contributed by atoms with van der Waals surface area (Å²) in [5.74, 6) is -0.0993. The van der Waals surface area contributed by atoms with Crippen molar-refractivity contribution in [3.63, 3.8) is 0 Å². The van der Waals surface area contributed by atoms with Gasteiger partial charge in [0.05, 0.1) is 22.6 Å². The molecule has 0 radical (unpaired) electrons. The van der Waals surface area contributed by atoms with Crippen molar-refractivity contribution in [1.29, 1.82) is 0 Å². The number of carbonyl (C=O) groups is 2. The zero-order valence-electron chi connectivity index (χ0n) is 22.0. The SMILES string of the molecule is O=C(CCCc1cc(F)ccc1Oc1ccc(Cl)cc1Cl)c1ccc(Oc2cc3c(cc2Cl)C(C(=O)O)CCO3)cc1. The van der Waals surface area contributed by atoms with Crippen LogP contribution in [0.1, 0.15) is 46.7 Å². The fourth-order valence-corrected chi connectivity index (χ4v) is 5.32.